The second-order valence-electron chi connectivity index (χ2n) is 4.71. The van der Waals surface area contributed by atoms with Gasteiger partial charge in [-0.3, -0.25) is 20.2 Å². The second kappa shape index (κ2) is 6.65. The minimum Gasteiger partial charge on any atom is -0.371 e. The molecule has 0 aliphatic rings. The molecule has 0 aromatic heterocycles. The molecule has 8 nitrogen and oxygen atoms in total. The average molecular weight is 292 g/mol. The topological polar surface area (TPSA) is 122 Å². The first kappa shape index (κ1) is 16.4. The molecule has 112 valence electrons. The molecular weight excluding hydrogens is 276 g/mol. The highest BCUT2D eigenvalue weighted by atomic mass is 16.6. The lowest BCUT2D eigenvalue weighted by Gasteiger charge is -2.15. The first-order valence-corrected chi connectivity index (χ1v) is 6.42. The van der Waals surface area contributed by atoms with Crippen molar-refractivity contribution in [1.82, 2.24) is 0 Å². The molecule has 1 atom stereocenters. The molecule has 8 heteroatoms. The number of anilines is 1. The molecular formula is C13H16N4O4. The van der Waals surface area contributed by atoms with E-state index in [2.05, 4.69) is 5.32 Å². The van der Waals surface area contributed by atoms with Crippen molar-refractivity contribution >= 4 is 17.1 Å². The zero-order valence-electron chi connectivity index (χ0n) is 12.0. The van der Waals surface area contributed by atoms with Crippen LogP contribution in [0.1, 0.15) is 31.4 Å². The molecule has 1 aromatic rings. The number of nitro benzene ring substituents is 2. The third kappa shape index (κ3) is 3.45. The van der Waals surface area contributed by atoms with Crippen molar-refractivity contribution in [2.45, 2.75) is 39.7 Å². The van der Waals surface area contributed by atoms with Crippen LogP contribution in [0.5, 0.6) is 0 Å². The van der Waals surface area contributed by atoms with E-state index in [1.807, 2.05) is 13.0 Å². The van der Waals surface area contributed by atoms with Gasteiger partial charge in [0.15, 0.2) is 5.69 Å². The van der Waals surface area contributed by atoms with Crippen molar-refractivity contribution in [3.05, 3.63) is 37.4 Å². The minimum absolute atomic E-state index is 0.0986. The van der Waals surface area contributed by atoms with E-state index >= 15 is 0 Å². The molecule has 0 saturated carbocycles. The zero-order valence-corrected chi connectivity index (χ0v) is 12.0. The third-order valence-corrected chi connectivity index (χ3v) is 3.29. The average Bonchev–Trinajstić information content (AvgIpc) is 2.40. The maximum absolute atomic E-state index is 11.3. The van der Waals surface area contributed by atoms with E-state index in [0.717, 1.165) is 0 Å². The summed E-state index contributed by atoms with van der Waals surface area (Å²) in [6.07, 6.45) is 0.546. The number of nitriles is 1. The number of nitro groups is 2. The maximum atomic E-state index is 11.3. The summed E-state index contributed by atoms with van der Waals surface area (Å²) >= 11 is 0. The summed E-state index contributed by atoms with van der Waals surface area (Å²) in [5.74, 6) is 0. The van der Waals surface area contributed by atoms with Crippen molar-refractivity contribution < 1.29 is 9.85 Å². The van der Waals surface area contributed by atoms with Gasteiger partial charge in [0, 0.05) is 17.7 Å². The maximum Gasteiger partial charge on any atom is 0.302 e. The van der Waals surface area contributed by atoms with Gasteiger partial charge in [-0.05, 0) is 25.8 Å². The summed E-state index contributed by atoms with van der Waals surface area (Å²) in [7, 11) is 0. The van der Waals surface area contributed by atoms with Crippen LogP contribution in [-0.4, -0.2) is 15.9 Å². The molecule has 0 saturated heterocycles. The molecule has 1 rings (SSSR count). The van der Waals surface area contributed by atoms with E-state index in [-0.39, 0.29) is 35.1 Å². The fourth-order valence-electron chi connectivity index (χ4n) is 1.94. The summed E-state index contributed by atoms with van der Waals surface area (Å²) < 4.78 is 0. The standard InChI is InChI=1S/C13H16N4O4/c1-4-8(2)15-12-11(16(18)19)7-10(5-6-14)9(3)13(12)17(20)21/h7-8,15H,4-5H2,1-3H3. The Morgan fingerprint density at radius 2 is 2.00 bits per heavy atom. The Labute approximate surface area is 121 Å². The normalized spacial score (nSPS) is 11.5. The molecule has 0 aliphatic carbocycles. The smallest absolute Gasteiger partial charge is 0.302 e. The Bertz CT molecular complexity index is 622. The van der Waals surface area contributed by atoms with Crippen LogP contribution < -0.4 is 5.32 Å². The Kier molecular flexibility index (Phi) is 5.18. The largest absolute Gasteiger partial charge is 0.371 e. The van der Waals surface area contributed by atoms with E-state index in [1.54, 1.807) is 6.92 Å². The fourth-order valence-corrected chi connectivity index (χ4v) is 1.94. The number of benzene rings is 1. The molecule has 1 unspecified atom stereocenters. The summed E-state index contributed by atoms with van der Waals surface area (Å²) in [5.41, 5.74) is -0.241. The second-order valence-corrected chi connectivity index (χ2v) is 4.71. The number of hydrogen-bond donors (Lipinski definition) is 1. The van der Waals surface area contributed by atoms with Gasteiger partial charge >= 0.3 is 5.69 Å². The molecule has 0 radical (unpaired) electrons. The van der Waals surface area contributed by atoms with Gasteiger partial charge in [-0.2, -0.15) is 5.26 Å². The third-order valence-electron chi connectivity index (χ3n) is 3.29. The van der Waals surface area contributed by atoms with E-state index in [4.69, 9.17) is 5.26 Å². The lowest BCUT2D eigenvalue weighted by atomic mass is 10.0. The summed E-state index contributed by atoms with van der Waals surface area (Å²) in [6, 6.07) is 2.95. The van der Waals surface area contributed by atoms with Gasteiger partial charge in [0.2, 0.25) is 0 Å². The van der Waals surface area contributed by atoms with Crippen LogP contribution in [0.2, 0.25) is 0 Å². The molecule has 1 N–H and O–H groups in total. The van der Waals surface area contributed by atoms with Crippen molar-refractivity contribution in [3.8, 4) is 6.07 Å². The van der Waals surface area contributed by atoms with Crippen molar-refractivity contribution in [1.29, 1.82) is 5.26 Å². The van der Waals surface area contributed by atoms with Crippen molar-refractivity contribution in [2.24, 2.45) is 0 Å². The van der Waals surface area contributed by atoms with Gasteiger partial charge in [-0.15, -0.1) is 0 Å². The van der Waals surface area contributed by atoms with Crippen LogP contribution in [0.4, 0.5) is 17.1 Å². The first-order chi connectivity index (χ1) is 9.83. The molecule has 0 bridgehead atoms. The Balaban J connectivity index is 3.64. The van der Waals surface area contributed by atoms with Crippen LogP contribution in [0.15, 0.2) is 6.07 Å². The monoisotopic (exact) mass is 292 g/mol. The van der Waals surface area contributed by atoms with Gasteiger partial charge in [-0.1, -0.05) is 6.92 Å². The highest BCUT2D eigenvalue weighted by Gasteiger charge is 2.30. The summed E-state index contributed by atoms with van der Waals surface area (Å²) in [6.45, 7) is 5.15. The molecule has 21 heavy (non-hydrogen) atoms. The zero-order chi connectivity index (χ0) is 16.2. The fraction of sp³-hybridized carbons (Fsp3) is 0.462. The predicted octanol–water partition coefficient (Wildman–Crippen LogP) is 3.09. The van der Waals surface area contributed by atoms with Gasteiger partial charge in [0.1, 0.15) is 0 Å². The van der Waals surface area contributed by atoms with Crippen molar-refractivity contribution in [3.63, 3.8) is 0 Å². The lowest BCUT2D eigenvalue weighted by Crippen LogP contribution is -2.17. The highest BCUT2D eigenvalue weighted by Crippen LogP contribution is 2.39. The van der Waals surface area contributed by atoms with E-state index in [0.29, 0.717) is 12.0 Å². The van der Waals surface area contributed by atoms with E-state index in [1.165, 1.54) is 13.0 Å². The molecule has 0 fully saturated rings. The SMILES string of the molecule is CCC(C)Nc1c([N+](=O)[O-])cc(CC#N)c(C)c1[N+](=O)[O-]. The summed E-state index contributed by atoms with van der Waals surface area (Å²) in [5, 5.41) is 34.1. The van der Waals surface area contributed by atoms with Crippen LogP contribution in [-0.2, 0) is 6.42 Å². The first-order valence-electron chi connectivity index (χ1n) is 6.42. The Hall–Kier alpha value is -2.69. The van der Waals surface area contributed by atoms with Crippen LogP contribution >= 0.6 is 0 Å². The molecule has 0 spiro atoms. The van der Waals surface area contributed by atoms with Gasteiger partial charge in [0.25, 0.3) is 5.69 Å². The van der Waals surface area contributed by atoms with Crippen LogP contribution in [0.3, 0.4) is 0 Å². The summed E-state index contributed by atoms with van der Waals surface area (Å²) in [4.78, 5) is 21.2. The number of hydrogen-bond acceptors (Lipinski definition) is 6. The van der Waals surface area contributed by atoms with E-state index in [9.17, 15) is 20.2 Å². The van der Waals surface area contributed by atoms with Gasteiger partial charge in [-0.25, -0.2) is 0 Å². The van der Waals surface area contributed by atoms with Gasteiger partial charge in [0.05, 0.1) is 22.3 Å². The highest BCUT2D eigenvalue weighted by molar-refractivity contribution is 5.78. The molecule has 0 heterocycles. The number of rotatable bonds is 6. The van der Waals surface area contributed by atoms with E-state index < -0.39 is 9.85 Å². The molecule has 1 aromatic carbocycles. The quantitative estimate of drug-likeness (QED) is 0.635. The lowest BCUT2D eigenvalue weighted by molar-refractivity contribution is -0.392. The molecule has 0 amide bonds. The van der Waals surface area contributed by atoms with Crippen LogP contribution in [0, 0.1) is 38.5 Å². The molecule has 0 aliphatic heterocycles. The Morgan fingerprint density at radius 3 is 2.43 bits per heavy atom. The van der Waals surface area contributed by atoms with Crippen molar-refractivity contribution in [2.75, 3.05) is 5.32 Å². The number of nitrogens with zero attached hydrogens (tertiary/aromatic N) is 3. The van der Waals surface area contributed by atoms with Gasteiger partial charge < -0.3 is 5.32 Å². The predicted molar refractivity (Wildman–Crippen MR) is 77.2 cm³/mol. The number of nitrogens with one attached hydrogen (secondary N) is 1. The Morgan fingerprint density at radius 1 is 1.38 bits per heavy atom. The minimum atomic E-state index is -0.669. The van der Waals surface area contributed by atoms with Crippen LogP contribution in [0.25, 0.3) is 0 Å².